The largest absolute Gasteiger partial charge is 0.486 e. The molecule has 19 heavy (non-hydrogen) atoms. The van der Waals surface area contributed by atoms with Crippen molar-refractivity contribution in [2.45, 2.75) is 23.8 Å². The van der Waals surface area contributed by atoms with E-state index in [9.17, 15) is 17.2 Å². The lowest BCUT2D eigenvalue weighted by Gasteiger charge is -2.24. The van der Waals surface area contributed by atoms with Crippen molar-refractivity contribution in [1.82, 2.24) is 0 Å². The molecule has 1 aliphatic heterocycles. The topological polar surface area (TPSA) is 78.6 Å². The van der Waals surface area contributed by atoms with E-state index in [0.717, 1.165) is 0 Å². The number of nitrogens with two attached hydrogens (primary N) is 1. The molecular formula is C11H13F2NO4S. The maximum Gasteiger partial charge on any atom is 0.241 e. The van der Waals surface area contributed by atoms with Crippen molar-refractivity contribution < 1.29 is 26.7 Å². The highest BCUT2D eigenvalue weighted by atomic mass is 32.2. The van der Waals surface area contributed by atoms with E-state index in [2.05, 4.69) is 0 Å². The summed E-state index contributed by atoms with van der Waals surface area (Å²) in [5.74, 6) is -2.65. The van der Waals surface area contributed by atoms with Gasteiger partial charge in [0.15, 0.2) is 11.6 Å². The first-order chi connectivity index (χ1) is 8.88. The van der Waals surface area contributed by atoms with Crippen molar-refractivity contribution in [1.29, 1.82) is 0 Å². The van der Waals surface area contributed by atoms with Crippen LogP contribution in [0.3, 0.4) is 0 Å². The maximum atomic E-state index is 13.7. The highest BCUT2D eigenvalue weighted by Crippen LogP contribution is 2.30. The molecule has 0 bridgehead atoms. The fourth-order valence-electron chi connectivity index (χ4n) is 1.82. The van der Waals surface area contributed by atoms with E-state index in [0.29, 0.717) is 38.2 Å². The smallest absolute Gasteiger partial charge is 0.241 e. The van der Waals surface area contributed by atoms with E-state index in [1.165, 1.54) is 0 Å². The van der Waals surface area contributed by atoms with Crippen LogP contribution in [0.2, 0.25) is 0 Å². The Hall–Kier alpha value is -1.25. The standard InChI is InChI=1S/C11H13F2NO4S/c12-7-5-9(13)11(10(6-7)19(14,15)16)18-8-1-3-17-4-2-8/h5-6,8H,1-4H2,(H2,14,15,16). The summed E-state index contributed by atoms with van der Waals surface area (Å²) in [6, 6.07) is 1.20. The van der Waals surface area contributed by atoms with Crippen LogP contribution in [0.1, 0.15) is 12.8 Å². The second-order valence-corrected chi connectivity index (χ2v) is 5.72. The van der Waals surface area contributed by atoms with Gasteiger partial charge in [0.2, 0.25) is 10.0 Å². The lowest BCUT2D eigenvalue weighted by Crippen LogP contribution is -2.27. The number of sulfonamides is 1. The number of primary sulfonamides is 1. The van der Waals surface area contributed by atoms with Gasteiger partial charge < -0.3 is 9.47 Å². The molecule has 1 aromatic rings. The first-order valence-electron chi connectivity index (χ1n) is 5.64. The highest BCUT2D eigenvalue weighted by molar-refractivity contribution is 7.89. The maximum absolute atomic E-state index is 13.7. The van der Waals surface area contributed by atoms with Gasteiger partial charge in [-0.15, -0.1) is 0 Å². The van der Waals surface area contributed by atoms with Crippen LogP contribution < -0.4 is 9.88 Å². The highest BCUT2D eigenvalue weighted by Gasteiger charge is 2.25. The first-order valence-corrected chi connectivity index (χ1v) is 7.19. The molecule has 106 valence electrons. The second kappa shape index (κ2) is 5.40. The molecule has 8 heteroatoms. The minimum absolute atomic E-state index is 0.380. The summed E-state index contributed by atoms with van der Waals surface area (Å²) < 4.78 is 59.9. The molecule has 0 spiro atoms. The van der Waals surface area contributed by atoms with Crippen LogP contribution in [0.15, 0.2) is 17.0 Å². The third kappa shape index (κ3) is 3.40. The molecule has 0 radical (unpaired) electrons. The fourth-order valence-corrected chi connectivity index (χ4v) is 2.50. The molecule has 1 fully saturated rings. The fraction of sp³-hybridized carbons (Fsp3) is 0.455. The Kier molecular flexibility index (Phi) is 4.02. The van der Waals surface area contributed by atoms with Gasteiger partial charge in [-0.05, 0) is 6.07 Å². The van der Waals surface area contributed by atoms with Gasteiger partial charge in [-0.1, -0.05) is 0 Å². The van der Waals surface area contributed by atoms with Crippen LogP contribution in [0, 0.1) is 11.6 Å². The van der Waals surface area contributed by atoms with Gasteiger partial charge in [-0.3, -0.25) is 0 Å². The van der Waals surface area contributed by atoms with Gasteiger partial charge >= 0.3 is 0 Å². The van der Waals surface area contributed by atoms with Gasteiger partial charge in [0.25, 0.3) is 0 Å². The second-order valence-electron chi connectivity index (χ2n) is 4.19. The molecule has 0 amide bonds. The van der Waals surface area contributed by atoms with Crippen LogP contribution in [-0.4, -0.2) is 27.7 Å². The van der Waals surface area contributed by atoms with Crippen LogP contribution in [0.4, 0.5) is 8.78 Å². The Morgan fingerprint density at radius 2 is 1.89 bits per heavy atom. The summed E-state index contributed by atoms with van der Waals surface area (Å²) in [6.07, 6.45) is 0.621. The van der Waals surface area contributed by atoms with Crippen molar-refractivity contribution in [2.75, 3.05) is 13.2 Å². The van der Waals surface area contributed by atoms with E-state index >= 15 is 0 Å². The average molecular weight is 293 g/mol. The molecule has 0 unspecified atom stereocenters. The molecule has 0 saturated carbocycles. The normalized spacial score (nSPS) is 17.4. The Balaban J connectivity index is 2.37. The number of ether oxygens (including phenoxy) is 2. The average Bonchev–Trinajstić information content (AvgIpc) is 2.32. The lowest BCUT2D eigenvalue weighted by atomic mass is 10.1. The summed E-state index contributed by atoms with van der Waals surface area (Å²) in [7, 11) is -4.27. The van der Waals surface area contributed by atoms with Crippen LogP contribution in [0.25, 0.3) is 0 Å². The van der Waals surface area contributed by atoms with E-state index in [1.807, 2.05) is 0 Å². The Morgan fingerprint density at radius 1 is 1.26 bits per heavy atom. The monoisotopic (exact) mass is 293 g/mol. The summed E-state index contributed by atoms with van der Waals surface area (Å²) >= 11 is 0. The predicted octanol–water partition coefficient (Wildman–Crippen LogP) is 1.17. The van der Waals surface area contributed by atoms with E-state index in [-0.39, 0.29) is 6.10 Å². The number of rotatable bonds is 3. The number of halogens is 2. The molecule has 0 aromatic heterocycles. The molecule has 2 N–H and O–H groups in total. The molecule has 0 atom stereocenters. The van der Waals surface area contributed by atoms with Crippen LogP contribution in [-0.2, 0) is 14.8 Å². The SMILES string of the molecule is NS(=O)(=O)c1cc(F)cc(F)c1OC1CCOCC1. The zero-order valence-corrected chi connectivity index (χ0v) is 10.8. The molecule has 0 aliphatic carbocycles. The molecule has 2 rings (SSSR count). The van der Waals surface area contributed by atoms with Crippen molar-refractivity contribution in [3.05, 3.63) is 23.8 Å². The molecule has 1 aromatic carbocycles. The van der Waals surface area contributed by atoms with Gasteiger partial charge in [-0.2, -0.15) is 0 Å². The van der Waals surface area contributed by atoms with Gasteiger partial charge in [0.05, 0.1) is 13.2 Å². The van der Waals surface area contributed by atoms with Crippen LogP contribution in [0.5, 0.6) is 5.75 Å². The summed E-state index contributed by atoms with van der Waals surface area (Å²) in [4.78, 5) is -0.684. The van der Waals surface area contributed by atoms with Crippen molar-refractivity contribution in [2.24, 2.45) is 5.14 Å². The third-order valence-corrected chi connectivity index (χ3v) is 3.65. The van der Waals surface area contributed by atoms with Gasteiger partial charge in [0.1, 0.15) is 16.8 Å². The number of hydrogen-bond acceptors (Lipinski definition) is 4. The van der Waals surface area contributed by atoms with Crippen molar-refractivity contribution in [3.63, 3.8) is 0 Å². The van der Waals surface area contributed by atoms with Gasteiger partial charge in [0, 0.05) is 18.9 Å². The molecule has 1 heterocycles. The summed E-state index contributed by atoms with van der Waals surface area (Å²) in [5, 5.41) is 4.93. The third-order valence-electron chi connectivity index (χ3n) is 2.73. The number of hydrogen-bond donors (Lipinski definition) is 1. The minimum Gasteiger partial charge on any atom is -0.486 e. The zero-order valence-electron chi connectivity index (χ0n) is 9.93. The van der Waals surface area contributed by atoms with Crippen molar-refractivity contribution >= 4 is 10.0 Å². The molecule has 1 aliphatic rings. The van der Waals surface area contributed by atoms with E-state index in [4.69, 9.17) is 14.6 Å². The summed E-state index contributed by atoms with van der Waals surface area (Å²) in [5.41, 5.74) is 0. The lowest BCUT2D eigenvalue weighted by molar-refractivity contribution is 0.0227. The Bertz CT molecular complexity index is 570. The van der Waals surface area contributed by atoms with Gasteiger partial charge in [-0.25, -0.2) is 22.3 Å². The molecular weight excluding hydrogens is 280 g/mol. The Morgan fingerprint density at radius 3 is 2.47 bits per heavy atom. The van der Waals surface area contributed by atoms with E-state index in [1.54, 1.807) is 0 Å². The predicted molar refractivity (Wildman–Crippen MR) is 62.2 cm³/mol. The molecule has 5 nitrogen and oxygen atoms in total. The Labute approximate surface area is 109 Å². The minimum atomic E-state index is -4.27. The summed E-state index contributed by atoms with van der Waals surface area (Å²) in [6.45, 7) is 0.885. The quantitative estimate of drug-likeness (QED) is 0.907. The number of benzene rings is 1. The van der Waals surface area contributed by atoms with Crippen molar-refractivity contribution in [3.8, 4) is 5.75 Å². The first kappa shape index (κ1) is 14.2. The van der Waals surface area contributed by atoms with Crippen LogP contribution >= 0.6 is 0 Å². The van der Waals surface area contributed by atoms with E-state index < -0.39 is 32.3 Å². The molecule has 1 saturated heterocycles. The zero-order chi connectivity index (χ0) is 14.0.